The van der Waals surface area contributed by atoms with Crippen LogP contribution in [0, 0.1) is 5.92 Å². The van der Waals surface area contributed by atoms with E-state index in [4.69, 9.17) is 4.74 Å². The molecule has 4 nitrogen and oxygen atoms in total. The summed E-state index contributed by atoms with van der Waals surface area (Å²) < 4.78 is 6.10. The Morgan fingerprint density at radius 3 is 2.76 bits per heavy atom. The summed E-state index contributed by atoms with van der Waals surface area (Å²) in [5.41, 5.74) is 1.31. The van der Waals surface area contributed by atoms with E-state index < -0.39 is 5.97 Å². The van der Waals surface area contributed by atoms with Crippen molar-refractivity contribution in [2.24, 2.45) is 5.92 Å². The highest BCUT2D eigenvalue weighted by Gasteiger charge is 2.53. The number of carbonyl (C=O) groups excluding carboxylic acids is 2. The van der Waals surface area contributed by atoms with E-state index in [9.17, 15) is 9.59 Å². The van der Waals surface area contributed by atoms with Gasteiger partial charge in [-0.3, -0.25) is 4.79 Å². The maximum atomic E-state index is 12.3. The monoisotopic (exact) mass is 349 g/mol. The Morgan fingerprint density at radius 2 is 2.10 bits per heavy atom. The maximum Gasteiger partial charge on any atom is 0.356 e. The van der Waals surface area contributed by atoms with Crippen LogP contribution in [0.25, 0.3) is 0 Å². The van der Waals surface area contributed by atoms with Crippen molar-refractivity contribution in [3.8, 4) is 0 Å². The van der Waals surface area contributed by atoms with Gasteiger partial charge in [-0.15, -0.1) is 0 Å². The Labute approximate surface area is 131 Å². The van der Waals surface area contributed by atoms with Gasteiger partial charge in [0.2, 0.25) is 5.91 Å². The fraction of sp³-hybridized carbons (Fsp3) is 0.375. The van der Waals surface area contributed by atoms with Crippen molar-refractivity contribution in [3.05, 3.63) is 46.1 Å². The minimum atomic E-state index is -0.434. The second-order valence-corrected chi connectivity index (χ2v) is 6.27. The molecule has 0 aromatic heterocycles. The van der Waals surface area contributed by atoms with Gasteiger partial charge in [-0.1, -0.05) is 53.2 Å². The Kier molecular flexibility index (Phi) is 3.85. The lowest BCUT2D eigenvalue weighted by molar-refractivity contribution is -0.157. The van der Waals surface area contributed by atoms with Crippen molar-refractivity contribution in [1.82, 2.24) is 4.90 Å². The lowest BCUT2D eigenvalue weighted by atomic mass is 9.85. The molecular formula is C16H16BrNO3. The molecule has 0 spiro atoms. The van der Waals surface area contributed by atoms with Gasteiger partial charge in [0.25, 0.3) is 0 Å². The summed E-state index contributed by atoms with van der Waals surface area (Å²) in [4.78, 5) is 25.9. The van der Waals surface area contributed by atoms with Crippen molar-refractivity contribution < 1.29 is 14.3 Å². The zero-order valence-electron chi connectivity index (χ0n) is 11.7. The number of halogens is 1. The molecule has 3 rings (SSSR count). The predicted octanol–water partition coefficient (Wildman–Crippen LogP) is 2.98. The number of hydrogen-bond acceptors (Lipinski definition) is 3. The molecule has 2 atom stereocenters. The number of nitrogens with zero attached hydrogens (tertiary/aromatic N) is 1. The molecule has 0 radical (unpaired) electrons. The zero-order chi connectivity index (χ0) is 15.0. The van der Waals surface area contributed by atoms with E-state index >= 15 is 0 Å². The highest BCUT2D eigenvalue weighted by atomic mass is 79.9. The van der Waals surface area contributed by atoms with Crippen molar-refractivity contribution in [2.75, 3.05) is 0 Å². The number of carbonyl (C=O) groups is 2. The Bertz CT molecular complexity index is 611. The largest absolute Gasteiger partial charge is 0.456 e. The van der Waals surface area contributed by atoms with Gasteiger partial charge in [-0.05, 0) is 12.0 Å². The average molecular weight is 350 g/mol. The molecule has 110 valence electrons. The van der Waals surface area contributed by atoms with Gasteiger partial charge in [0.15, 0.2) is 0 Å². The minimum Gasteiger partial charge on any atom is -0.456 e. The summed E-state index contributed by atoms with van der Waals surface area (Å²) in [6, 6.07) is 9.63. The maximum absolute atomic E-state index is 12.3. The van der Waals surface area contributed by atoms with Crippen LogP contribution >= 0.6 is 15.9 Å². The van der Waals surface area contributed by atoms with Crippen LogP contribution in [0.4, 0.5) is 0 Å². The zero-order valence-corrected chi connectivity index (χ0v) is 13.3. The molecule has 2 aliphatic rings. The average Bonchev–Trinajstić information content (AvgIpc) is 2.80. The number of hydrogen-bond donors (Lipinski definition) is 0. The standard InChI is InChI=1S/C16H16BrNO3/c1-2-11-13-8-12(17)14(18(13)15(11)19)16(20)21-9-10-6-4-3-5-7-10/h3-7,11,13H,2,8-9H2,1H3. The lowest BCUT2D eigenvalue weighted by Crippen LogP contribution is -2.58. The molecule has 0 bridgehead atoms. The fourth-order valence-corrected chi connectivity index (χ4v) is 3.66. The lowest BCUT2D eigenvalue weighted by Gasteiger charge is -2.43. The number of esters is 1. The van der Waals surface area contributed by atoms with E-state index in [0.717, 1.165) is 16.5 Å². The summed E-state index contributed by atoms with van der Waals surface area (Å²) >= 11 is 3.42. The van der Waals surface area contributed by atoms with E-state index in [0.29, 0.717) is 12.1 Å². The molecular weight excluding hydrogens is 334 g/mol. The molecule has 0 N–H and O–H groups in total. The van der Waals surface area contributed by atoms with Crippen LogP contribution in [0.5, 0.6) is 0 Å². The number of rotatable bonds is 4. The first-order valence-electron chi connectivity index (χ1n) is 7.06. The van der Waals surface area contributed by atoms with Gasteiger partial charge >= 0.3 is 5.97 Å². The first-order chi connectivity index (χ1) is 10.1. The third-order valence-electron chi connectivity index (χ3n) is 4.08. The molecule has 1 aromatic carbocycles. The van der Waals surface area contributed by atoms with Gasteiger partial charge < -0.3 is 9.64 Å². The Hall–Kier alpha value is -1.62. The summed E-state index contributed by atoms with van der Waals surface area (Å²) in [5.74, 6) is -0.364. The van der Waals surface area contributed by atoms with Crippen molar-refractivity contribution in [1.29, 1.82) is 0 Å². The first-order valence-corrected chi connectivity index (χ1v) is 7.85. The summed E-state index contributed by atoms with van der Waals surface area (Å²) in [7, 11) is 0. The number of benzene rings is 1. The number of amides is 1. The Balaban J connectivity index is 1.68. The van der Waals surface area contributed by atoms with Crippen LogP contribution in [0.2, 0.25) is 0 Å². The van der Waals surface area contributed by atoms with E-state index in [1.165, 1.54) is 0 Å². The quantitative estimate of drug-likeness (QED) is 0.620. The van der Waals surface area contributed by atoms with Crippen LogP contribution in [0.1, 0.15) is 25.3 Å². The topological polar surface area (TPSA) is 46.6 Å². The van der Waals surface area contributed by atoms with Crippen LogP contribution < -0.4 is 0 Å². The fourth-order valence-electron chi connectivity index (χ4n) is 2.97. The van der Waals surface area contributed by atoms with Crippen LogP contribution in [0.3, 0.4) is 0 Å². The number of ether oxygens (including phenoxy) is 1. The number of β-lactam (4-membered cyclic amide) rings is 1. The van der Waals surface area contributed by atoms with Crippen LogP contribution in [-0.4, -0.2) is 22.8 Å². The third kappa shape index (κ3) is 2.39. The molecule has 0 aliphatic carbocycles. The van der Waals surface area contributed by atoms with E-state index in [-0.39, 0.29) is 24.5 Å². The Morgan fingerprint density at radius 1 is 1.38 bits per heavy atom. The molecule has 1 saturated heterocycles. The van der Waals surface area contributed by atoms with Crippen molar-refractivity contribution in [3.63, 3.8) is 0 Å². The third-order valence-corrected chi connectivity index (χ3v) is 4.78. The molecule has 0 saturated carbocycles. The SMILES string of the molecule is CCC1C(=O)N2C(C(=O)OCc3ccccc3)=C(Br)CC12. The van der Waals surface area contributed by atoms with Gasteiger partial charge in [0, 0.05) is 10.9 Å². The second-order valence-electron chi connectivity index (χ2n) is 5.31. The molecule has 1 fully saturated rings. The summed E-state index contributed by atoms with van der Waals surface area (Å²) in [6.45, 7) is 2.22. The van der Waals surface area contributed by atoms with E-state index in [1.807, 2.05) is 37.3 Å². The van der Waals surface area contributed by atoms with Crippen molar-refractivity contribution in [2.45, 2.75) is 32.4 Å². The smallest absolute Gasteiger partial charge is 0.356 e. The van der Waals surface area contributed by atoms with Gasteiger partial charge in [0.05, 0.1) is 12.0 Å². The van der Waals surface area contributed by atoms with E-state index in [2.05, 4.69) is 15.9 Å². The molecule has 5 heteroatoms. The van der Waals surface area contributed by atoms with Gasteiger partial charge in [-0.25, -0.2) is 4.79 Å². The normalized spacial score (nSPS) is 23.9. The van der Waals surface area contributed by atoms with Crippen molar-refractivity contribution >= 4 is 27.8 Å². The van der Waals surface area contributed by atoms with Gasteiger partial charge in [-0.2, -0.15) is 0 Å². The first kappa shape index (κ1) is 14.3. The van der Waals surface area contributed by atoms with Gasteiger partial charge in [0.1, 0.15) is 12.3 Å². The molecule has 2 aliphatic heterocycles. The minimum absolute atomic E-state index is 0.0311. The molecule has 2 unspecified atom stereocenters. The highest BCUT2D eigenvalue weighted by molar-refractivity contribution is 9.11. The summed E-state index contributed by atoms with van der Waals surface area (Å²) in [5, 5.41) is 0. The second kappa shape index (κ2) is 5.64. The molecule has 2 heterocycles. The van der Waals surface area contributed by atoms with Crippen LogP contribution in [0.15, 0.2) is 40.5 Å². The van der Waals surface area contributed by atoms with E-state index in [1.54, 1.807) is 4.90 Å². The predicted molar refractivity (Wildman–Crippen MR) is 81.2 cm³/mol. The number of fused-ring (bicyclic) bond motifs is 1. The molecule has 1 amide bonds. The molecule has 21 heavy (non-hydrogen) atoms. The molecule has 1 aromatic rings. The highest BCUT2D eigenvalue weighted by Crippen LogP contribution is 2.45. The van der Waals surface area contributed by atoms with Crippen LogP contribution in [-0.2, 0) is 20.9 Å². The summed E-state index contributed by atoms with van der Waals surface area (Å²) in [6.07, 6.45) is 1.52.